The molecule has 0 saturated heterocycles. The molecule has 1 aromatic rings. The van der Waals surface area contributed by atoms with Crippen LogP contribution in [-0.2, 0) is 0 Å². The Labute approximate surface area is 144 Å². The van der Waals surface area contributed by atoms with Crippen molar-refractivity contribution < 1.29 is 4.79 Å². The van der Waals surface area contributed by atoms with Gasteiger partial charge in [0.1, 0.15) is 0 Å². The van der Waals surface area contributed by atoms with Crippen molar-refractivity contribution >= 4 is 30.1 Å². The summed E-state index contributed by atoms with van der Waals surface area (Å²) in [5.41, 5.74) is 8.27. The maximum atomic E-state index is 12.7. The number of aryl methyl sites for hydroxylation is 2. The van der Waals surface area contributed by atoms with Crippen LogP contribution < -0.4 is 16.0 Å². The fourth-order valence-corrected chi connectivity index (χ4v) is 3.15. The fraction of sp³-hybridized carbons (Fsp3) is 0.529. The van der Waals surface area contributed by atoms with Crippen LogP contribution in [-0.4, -0.2) is 18.0 Å². The lowest BCUT2D eigenvalue weighted by atomic mass is 10.1. The second-order valence-electron chi connectivity index (χ2n) is 6.10. The van der Waals surface area contributed by atoms with E-state index in [2.05, 4.69) is 5.32 Å². The normalized spacial score (nSPS) is 15.2. The van der Waals surface area contributed by atoms with Crippen molar-refractivity contribution in [1.82, 2.24) is 5.32 Å². The highest BCUT2D eigenvalue weighted by atomic mass is 35.5. The SMILES string of the molecule is Cc1cccc(C)c1N(C(=N)N)C(=O)NC1CCCCCC1.Cl. The van der Waals surface area contributed by atoms with Crippen LogP contribution >= 0.6 is 12.4 Å². The average Bonchev–Trinajstić information content (AvgIpc) is 2.71. The lowest BCUT2D eigenvalue weighted by molar-refractivity contribution is 0.244. The number of nitrogens with one attached hydrogen (secondary N) is 2. The number of carbonyl (C=O) groups is 1. The molecule has 1 aromatic carbocycles. The monoisotopic (exact) mass is 338 g/mol. The first kappa shape index (κ1) is 19.3. The highest BCUT2D eigenvalue weighted by molar-refractivity contribution is 6.14. The second-order valence-corrected chi connectivity index (χ2v) is 6.10. The number of benzene rings is 1. The zero-order valence-electron chi connectivity index (χ0n) is 13.9. The Kier molecular flexibility index (Phi) is 7.36. The van der Waals surface area contributed by atoms with Gasteiger partial charge in [-0.15, -0.1) is 12.4 Å². The molecule has 0 atom stereocenters. The predicted molar refractivity (Wildman–Crippen MR) is 97.6 cm³/mol. The summed E-state index contributed by atoms with van der Waals surface area (Å²) in [5.74, 6) is -0.247. The Balaban J connectivity index is 0.00000264. The molecule has 0 bridgehead atoms. The van der Waals surface area contributed by atoms with E-state index in [1.54, 1.807) is 0 Å². The van der Waals surface area contributed by atoms with Crippen molar-refractivity contribution in [3.05, 3.63) is 29.3 Å². The van der Waals surface area contributed by atoms with Gasteiger partial charge >= 0.3 is 6.03 Å². The smallest absolute Gasteiger partial charge is 0.329 e. The number of para-hydroxylation sites is 1. The molecule has 0 aliphatic heterocycles. The minimum absolute atomic E-state index is 0. The second kappa shape index (κ2) is 8.77. The molecule has 0 aromatic heterocycles. The number of anilines is 1. The summed E-state index contributed by atoms with van der Waals surface area (Å²) in [6.07, 6.45) is 6.77. The van der Waals surface area contributed by atoms with Crippen LogP contribution in [0.4, 0.5) is 10.5 Å². The highest BCUT2D eigenvalue weighted by Crippen LogP contribution is 2.25. The Bertz CT molecular complexity index is 533. The maximum absolute atomic E-state index is 12.7. The Morgan fingerprint density at radius 3 is 2.17 bits per heavy atom. The van der Waals surface area contributed by atoms with Crippen molar-refractivity contribution in [1.29, 1.82) is 5.41 Å². The van der Waals surface area contributed by atoms with Crippen LogP contribution in [0.1, 0.15) is 49.7 Å². The number of nitrogens with two attached hydrogens (primary N) is 1. The Morgan fingerprint density at radius 2 is 1.70 bits per heavy atom. The molecule has 1 aliphatic rings. The summed E-state index contributed by atoms with van der Waals surface area (Å²) in [6.45, 7) is 3.86. The number of carbonyl (C=O) groups excluding carboxylic acids is 1. The van der Waals surface area contributed by atoms with Crippen molar-refractivity contribution in [3.63, 3.8) is 0 Å². The van der Waals surface area contributed by atoms with E-state index in [1.165, 1.54) is 17.7 Å². The molecule has 2 amide bonds. The molecule has 0 unspecified atom stereocenters. The molecular formula is C17H27ClN4O. The molecule has 1 aliphatic carbocycles. The fourth-order valence-electron chi connectivity index (χ4n) is 3.15. The minimum atomic E-state index is -0.295. The molecule has 128 valence electrons. The van der Waals surface area contributed by atoms with Crippen LogP contribution in [0.25, 0.3) is 0 Å². The molecule has 4 N–H and O–H groups in total. The van der Waals surface area contributed by atoms with Gasteiger partial charge in [0.2, 0.25) is 5.96 Å². The molecule has 1 saturated carbocycles. The van der Waals surface area contributed by atoms with Crippen molar-refractivity contribution in [2.24, 2.45) is 5.73 Å². The third kappa shape index (κ3) is 4.86. The van der Waals surface area contributed by atoms with Gasteiger partial charge < -0.3 is 11.1 Å². The quantitative estimate of drug-likeness (QED) is 0.434. The topological polar surface area (TPSA) is 82.2 Å². The van der Waals surface area contributed by atoms with Gasteiger partial charge in [0, 0.05) is 6.04 Å². The van der Waals surface area contributed by atoms with Gasteiger partial charge in [0.25, 0.3) is 0 Å². The molecule has 1 fully saturated rings. The largest absolute Gasteiger partial charge is 0.369 e. The lowest BCUT2D eigenvalue weighted by Crippen LogP contribution is -2.50. The zero-order chi connectivity index (χ0) is 16.1. The van der Waals surface area contributed by atoms with Gasteiger partial charge in [-0.05, 0) is 37.8 Å². The summed E-state index contributed by atoms with van der Waals surface area (Å²) < 4.78 is 0. The molecule has 23 heavy (non-hydrogen) atoms. The van der Waals surface area contributed by atoms with E-state index in [0.29, 0.717) is 5.69 Å². The summed E-state index contributed by atoms with van der Waals surface area (Å²) in [5, 5.41) is 10.9. The first-order valence-electron chi connectivity index (χ1n) is 8.01. The molecular weight excluding hydrogens is 312 g/mol. The lowest BCUT2D eigenvalue weighted by Gasteiger charge is -2.27. The number of rotatable bonds is 2. The Morgan fingerprint density at radius 1 is 1.17 bits per heavy atom. The molecule has 0 spiro atoms. The van der Waals surface area contributed by atoms with Crippen LogP contribution in [0.5, 0.6) is 0 Å². The van der Waals surface area contributed by atoms with Gasteiger partial charge in [0.05, 0.1) is 5.69 Å². The number of halogens is 1. The molecule has 6 heteroatoms. The van der Waals surface area contributed by atoms with E-state index in [1.807, 2.05) is 32.0 Å². The standard InChI is InChI=1S/C17H26N4O.ClH/c1-12-8-7-9-13(2)15(12)21(16(18)19)17(22)20-14-10-5-3-4-6-11-14;/h7-9,14H,3-6,10-11H2,1-2H3,(H3,18,19)(H,20,22);1H. The maximum Gasteiger partial charge on any atom is 0.329 e. The van der Waals surface area contributed by atoms with Gasteiger partial charge in [-0.3, -0.25) is 5.41 Å². The number of guanidine groups is 1. The highest BCUT2D eigenvalue weighted by Gasteiger charge is 2.24. The first-order valence-corrected chi connectivity index (χ1v) is 8.01. The average molecular weight is 339 g/mol. The van der Waals surface area contributed by atoms with Crippen molar-refractivity contribution in [3.8, 4) is 0 Å². The van der Waals surface area contributed by atoms with Crippen molar-refractivity contribution in [2.45, 2.75) is 58.4 Å². The van der Waals surface area contributed by atoms with E-state index in [9.17, 15) is 4.79 Å². The van der Waals surface area contributed by atoms with E-state index in [0.717, 1.165) is 36.8 Å². The summed E-state index contributed by atoms with van der Waals surface area (Å²) >= 11 is 0. The van der Waals surface area contributed by atoms with Gasteiger partial charge in [-0.2, -0.15) is 0 Å². The molecule has 2 rings (SSSR count). The van der Waals surface area contributed by atoms with E-state index in [4.69, 9.17) is 11.1 Å². The number of hydrogen-bond donors (Lipinski definition) is 3. The van der Waals surface area contributed by atoms with Crippen LogP contribution in [0.2, 0.25) is 0 Å². The number of nitrogens with zero attached hydrogens (tertiary/aromatic N) is 1. The van der Waals surface area contributed by atoms with Crippen LogP contribution in [0, 0.1) is 19.3 Å². The van der Waals surface area contributed by atoms with Crippen molar-refractivity contribution in [2.75, 3.05) is 4.90 Å². The van der Waals surface area contributed by atoms with Gasteiger partial charge in [-0.25, -0.2) is 9.69 Å². The third-order valence-electron chi connectivity index (χ3n) is 4.29. The zero-order valence-corrected chi connectivity index (χ0v) is 14.7. The summed E-state index contributed by atoms with van der Waals surface area (Å²) in [7, 11) is 0. The first-order chi connectivity index (χ1) is 10.5. The molecule has 0 radical (unpaired) electrons. The third-order valence-corrected chi connectivity index (χ3v) is 4.29. The van der Waals surface area contributed by atoms with E-state index in [-0.39, 0.29) is 30.4 Å². The summed E-state index contributed by atoms with van der Waals surface area (Å²) in [6, 6.07) is 5.68. The summed E-state index contributed by atoms with van der Waals surface area (Å²) in [4.78, 5) is 14.0. The van der Waals surface area contributed by atoms with E-state index < -0.39 is 0 Å². The number of urea groups is 1. The number of hydrogen-bond acceptors (Lipinski definition) is 2. The Hall–Kier alpha value is -1.75. The van der Waals surface area contributed by atoms with Gasteiger partial charge in [-0.1, -0.05) is 43.9 Å². The molecule has 0 heterocycles. The van der Waals surface area contributed by atoms with Gasteiger partial charge in [0.15, 0.2) is 0 Å². The number of amides is 2. The van der Waals surface area contributed by atoms with Crippen LogP contribution in [0.3, 0.4) is 0 Å². The van der Waals surface area contributed by atoms with Crippen LogP contribution in [0.15, 0.2) is 18.2 Å². The molecule has 5 nitrogen and oxygen atoms in total. The predicted octanol–water partition coefficient (Wildman–Crippen LogP) is 3.86. The minimum Gasteiger partial charge on any atom is -0.369 e. The van der Waals surface area contributed by atoms with E-state index >= 15 is 0 Å².